The number of ether oxygens (including phenoxy) is 1. The summed E-state index contributed by atoms with van der Waals surface area (Å²) in [5.41, 5.74) is 5.92. The molecule has 1 fully saturated rings. The highest BCUT2D eigenvalue weighted by Crippen LogP contribution is 2.39. The number of hydrogen-bond donors (Lipinski definition) is 3. The number of methoxy groups -OCH3 is 1. The molecular formula is C32H32N4O5. The van der Waals surface area contributed by atoms with Gasteiger partial charge in [0.25, 0.3) is 5.91 Å². The molecule has 9 nitrogen and oxygen atoms in total. The molecule has 6 rings (SSSR count). The number of fused-ring (bicyclic) bond motifs is 2. The molecule has 0 spiro atoms. The van der Waals surface area contributed by atoms with Gasteiger partial charge in [-0.25, -0.2) is 4.79 Å². The van der Waals surface area contributed by atoms with Crippen LogP contribution in [-0.2, 0) is 22.7 Å². The first-order valence-electron chi connectivity index (χ1n) is 13.9. The van der Waals surface area contributed by atoms with E-state index in [0.717, 1.165) is 48.3 Å². The molecule has 3 aromatic carbocycles. The summed E-state index contributed by atoms with van der Waals surface area (Å²) in [6, 6.07) is 18.1. The number of benzene rings is 3. The fourth-order valence-electron chi connectivity index (χ4n) is 5.79. The van der Waals surface area contributed by atoms with Crippen LogP contribution in [0.15, 0.2) is 60.7 Å². The first-order chi connectivity index (χ1) is 19.9. The first kappa shape index (κ1) is 26.6. The highest BCUT2D eigenvalue weighted by atomic mass is 16.5. The number of piperidine rings is 1. The third-order valence-electron chi connectivity index (χ3n) is 8.00. The molecule has 0 aromatic heterocycles. The van der Waals surface area contributed by atoms with Crippen molar-refractivity contribution in [2.24, 2.45) is 0 Å². The monoisotopic (exact) mass is 552 g/mol. The molecule has 0 aliphatic carbocycles. The van der Waals surface area contributed by atoms with E-state index in [4.69, 9.17) is 4.74 Å². The Balaban J connectivity index is 1.30. The number of carbonyl (C=O) groups is 3. The van der Waals surface area contributed by atoms with Gasteiger partial charge in [-0.1, -0.05) is 18.6 Å². The number of nitrogens with zero attached hydrogens (tertiary/aromatic N) is 2. The van der Waals surface area contributed by atoms with Crippen LogP contribution in [0.5, 0.6) is 5.75 Å². The third-order valence-corrected chi connectivity index (χ3v) is 8.00. The standard InChI is InChI=1S/C32H32N4O5/c1-41-25-10-6-20(7-11-25)30(29-26-12-8-21(32(39)40)16-27(26)34-31(29)38)33-24-9-5-22-17-36(18-23(22)15-24)28(37)19-35-13-3-2-4-14-35/h5-12,15-16,33H,2-4,13-14,17-19H2,1H3,(H,34,38)(H,39,40)/b30-29-. The lowest BCUT2D eigenvalue weighted by atomic mass is 9.98. The Morgan fingerprint density at radius 2 is 1.66 bits per heavy atom. The Morgan fingerprint density at radius 3 is 2.39 bits per heavy atom. The summed E-state index contributed by atoms with van der Waals surface area (Å²) in [6.07, 6.45) is 3.54. The number of likely N-dealkylation sites (tertiary alicyclic amines) is 1. The lowest BCUT2D eigenvalue weighted by Crippen LogP contribution is -2.40. The Hall–Kier alpha value is -4.63. The summed E-state index contributed by atoms with van der Waals surface area (Å²) in [4.78, 5) is 42.0. The molecule has 3 heterocycles. The predicted octanol–water partition coefficient (Wildman–Crippen LogP) is 4.65. The molecule has 3 aromatic rings. The molecule has 1 saturated heterocycles. The minimum Gasteiger partial charge on any atom is -0.497 e. The topological polar surface area (TPSA) is 111 Å². The van der Waals surface area contributed by atoms with Crippen LogP contribution in [0.4, 0.5) is 11.4 Å². The van der Waals surface area contributed by atoms with Crippen molar-refractivity contribution in [3.63, 3.8) is 0 Å². The number of carboxylic acids is 1. The van der Waals surface area contributed by atoms with E-state index in [-0.39, 0.29) is 17.4 Å². The second-order valence-electron chi connectivity index (χ2n) is 10.7. The van der Waals surface area contributed by atoms with E-state index in [0.29, 0.717) is 47.9 Å². The maximum atomic E-state index is 13.3. The molecule has 41 heavy (non-hydrogen) atoms. The van der Waals surface area contributed by atoms with Crippen LogP contribution in [0, 0.1) is 0 Å². The fourth-order valence-corrected chi connectivity index (χ4v) is 5.79. The van der Waals surface area contributed by atoms with Gasteiger partial charge in [0, 0.05) is 24.3 Å². The lowest BCUT2D eigenvalue weighted by molar-refractivity contribution is -0.133. The summed E-state index contributed by atoms with van der Waals surface area (Å²) in [5, 5.41) is 15.7. The lowest BCUT2D eigenvalue weighted by Gasteiger charge is -2.27. The Bertz CT molecular complexity index is 1560. The predicted molar refractivity (Wildman–Crippen MR) is 156 cm³/mol. The zero-order chi connectivity index (χ0) is 28.5. The van der Waals surface area contributed by atoms with Crippen LogP contribution < -0.4 is 15.4 Å². The number of hydrogen-bond acceptors (Lipinski definition) is 6. The molecule has 0 saturated carbocycles. The number of anilines is 2. The van der Waals surface area contributed by atoms with Crippen molar-refractivity contribution in [3.05, 3.63) is 88.5 Å². The molecule has 9 heteroatoms. The number of carbonyl (C=O) groups excluding carboxylic acids is 2. The number of amides is 2. The molecule has 0 bridgehead atoms. The first-order valence-corrected chi connectivity index (χ1v) is 13.9. The van der Waals surface area contributed by atoms with Crippen LogP contribution >= 0.6 is 0 Å². The van der Waals surface area contributed by atoms with E-state index in [2.05, 4.69) is 15.5 Å². The summed E-state index contributed by atoms with van der Waals surface area (Å²) in [7, 11) is 1.60. The Labute approximate surface area is 238 Å². The zero-order valence-corrected chi connectivity index (χ0v) is 22.9. The van der Waals surface area contributed by atoms with Crippen molar-refractivity contribution in [2.75, 3.05) is 37.4 Å². The van der Waals surface area contributed by atoms with E-state index >= 15 is 0 Å². The molecule has 2 amide bonds. The van der Waals surface area contributed by atoms with Gasteiger partial charge >= 0.3 is 5.97 Å². The average molecular weight is 553 g/mol. The second-order valence-corrected chi connectivity index (χ2v) is 10.7. The molecule has 3 aliphatic heterocycles. The quantitative estimate of drug-likeness (QED) is 0.366. The van der Waals surface area contributed by atoms with E-state index in [1.54, 1.807) is 13.2 Å². The summed E-state index contributed by atoms with van der Waals surface area (Å²) < 4.78 is 5.33. The van der Waals surface area contributed by atoms with Crippen LogP contribution in [0.25, 0.3) is 11.3 Å². The minimum absolute atomic E-state index is 0.0993. The average Bonchev–Trinajstić information content (AvgIpc) is 3.56. The minimum atomic E-state index is -1.06. The van der Waals surface area contributed by atoms with Crippen LogP contribution in [-0.4, -0.2) is 59.4 Å². The number of carboxylic acid groups (broad SMARTS) is 1. The largest absolute Gasteiger partial charge is 0.497 e. The van der Waals surface area contributed by atoms with Crippen molar-refractivity contribution in [1.29, 1.82) is 0 Å². The van der Waals surface area contributed by atoms with Gasteiger partial charge in [-0.05, 0) is 91.2 Å². The van der Waals surface area contributed by atoms with E-state index in [9.17, 15) is 19.5 Å². The van der Waals surface area contributed by atoms with Gasteiger partial charge in [0.15, 0.2) is 0 Å². The molecule has 0 radical (unpaired) electrons. The molecule has 3 N–H and O–H groups in total. The maximum absolute atomic E-state index is 13.3. The van der Waals surface area contributed by atoms with Gasteiger partial charge < -0.3 is 25.4 Å². The van der Waals surface area contributed by atoms with E-state index in [1.807, 2.05) is 47.4 Å². The normalized spacial score (nSPS) is 17.5. The number of nitrogens with one attached hydrogen (secondary N) is 2. The van der Waals surface area contributed by atoms with Gasteiger partial charge in [-0.2, -0.15) is 0 Å². The van der Waals surface area contributed by atoms with Crippen LogP contribution in [0.3, 0.4) is 0 Å². The Kier molecular flexibility index (Phi) is 7.19. The molecule has 0 atom stereocenters. The van der Waals surface area contributed by atoms with Crippen molar-refractivity contribution in [1.82, 2.24) is 9.80 Å². The fraction of sp³-hybridized carbons (Fsp3) is 0.281. The van der Waals surface area contributed by atoms with Crippen molar-refractivity contribution >= 4 is 40.4 Å². The van der Waals surface area contributed by atoms with Gasteiger partial charge in [0.1, 0.15) is 5.75 Å². The highest BCUT2D eigenvalue weighted by molar-refractivity contribution is 6.37. The third kappa shape index (κ3) is 5.40. The van der Waals surface area contributed by atoms with Gasteiger partial charge in [-0.3, -0.25) is 14.5 Å². The van der Waals surface area contributed by atoms with E-state index < -0.39 is 5.97 Å². The number of rotatable bonds is 7. The SMILES string of the molecule is COc1ccc(/C(Nc2ccc3c(c2)CN(C(=O)CN2CCCCC2)C3)=C2/C(=O)Nc3cc(C(=O)O)ccc32)cc1. The summed E-state index contributed by atoms with van der Waals surface area (Å²) in [5.74, 6) is -0.544. The van der Waals surface area contributed by atoms with E-state index in [1.165, 1.54) is 18.6 Å². The maximum Gasteiger partial charge on any atom is 0.335 e. The molecule has 3 aliphatic rings. The van der Waals surface area contributed by atoms with Gasteiger partial charge in [0.2, 0.25) is 5.91 Å². The molecular weight excluding hydrogens is 520 g/mol. The van der Waals surface area contributed by atoms with Crippen molar-refractivity contribution in [2.45, 2.75) is 32.4 Å². The van der Waals surface area contributed by atoms with Crippen LogP contribution in [0.2, 0.25) is 0 Å². The van der Waals surface area contributed by atoms with Gasteiger partial charge in [0.05, 0.1) is 36.2 Å². The van der Waals surface area contributed by atoms with Crippen molar-refractivity contribution in [3.8, 4) is 5.75 Å². The smallest absolute Gasteiger partial charge is 0.335 e. The van der Waals surface area contributed by atoms with Gasteiger partial charge in [-0.15, -0.1) is 0 Å². The summed E-state index contributed by atoms with van der Waals surface area (Å²) in [6.45, 7) is 3.57. The van der Waals surface area contributed by atoms with Crippen molar-refractivity contribution < 1.29 is 24.2 Å². The van der Waals surface area contributed by atoms with Crippen LogP contribution in [0.1, 0.15) is 51.9 Å². The highest BCUT2D eigenvalue weighted by Gasteiger charge is 2.30. The Morgan fingerprint density at radius 1 is 0.927 bits per heavy atom. The number of aromatic carboxylic acids is 1. The molecule has 0 unspecified atom stereocenters. The summed E-state index contributed by atoms with van der Waals surface area (Å²) >= 11 is 0. The molecule has 210 valence electrons. The zero-order valence-electron chi connectivity index (χ0n) is 22.9. The second kappa shape index (κ2) is 11.1.